The first-order chi connectivity index (χ1) is 12.6. The Labute approximate surface area is 150 Å². The van der Waals surface area contributed by atoms with Gasteiger partial charge < -0.3 is 21.2 Å². The van der Waals surface area contributed by atoms with E-state index in [1.54, 1.807) is 42.6 Å². The number of nitrogens with one attached hydrogen (secondary N) is 2. The van der Waals surface area contributed by atoms with Gasteiger partial charge >= 0.3 is 5.97 Å². The molecule has 1 heterocycles. The fraction of sp³-hybridized carbons (Fsp3) is 0.0526. The summed E-state index contributed by atoms with van der Waals surface area (Å²) in [5, 5.41) is 10.5. The second-order valence-electron chi connectivity index (χ2n) is 5.45. The van der Waals surface area contributed by atoms with E-state index in [0.29, 0.717) is 34.0 Å². The molecular weight excluding hydrogens is 330 g/mol. The van der Waals surface area contributed by atoms with Gasteiger partial charge in [-0.25, -0.2) is 14.8 Å². The van der Waals surface area contributed by atoms with Crippen molar-refractivity contribution in [1.82, 2.24) is 9.97 Å². The van der Waals surface area contributed by atoms with Gasteiger partial charge in [-0.15, -0.1) is 0 Å². The average molecular weight is 347 g/mol. The molecular formula is C19H17N5O2. The van der Waals surface area contributed by atoms with Crippen molar-refractivity contribution in [2.24, 2.45) is 0 Å². The number of anilines is 3. The van der Waals surface area contributed by atoms with Crippen LogP contribution in [0.1, 0.15) is 15.9 Å². The standard InChI is InChI=1S/C19H17N5O2/c1-26-19(25)13-4-2-3-12(9-13)18-22-8-7-17(24-18)23-15-5-6-16(21)14(10-15)11-20/h2-11,20H,21H2,1H3,(H,22,23,24). The Balaban J connectivity index is 1.89. The van der Waals surface area contributed by atoms with Crippen LogP contribution in [0.2, 0.25) is 0 Å². The van der Waals surface area contributed by atoms with Crippen LogP contribution in [-0.2, 0) is 4.74 Å². The van der Waals surface area contributed by atoms with Crippen molar-refractivity contribution >= 4 is 29.4 Å². The number of ether oxygens (including phenoxy) is 1. The first-order valence-corrected chi connectivity index (χ1v) is 7.79. The van der Waals surface area contributed by atoms with E-state index in [-0.39, 0.29) is 0 Å². The smallest absolute Gasteiger partial charge is 0.337 e. The summed E-state index contributed by atoms with van der Waals surface area (Å²) < 4.78 is 4.74. The number of hydrogen-bond donors (Lipinski definition) is 3. The lowest BCUT2D eigenvalue weighted by Gasteiger charge is -2.09. The van der Waals surface area contributed by atoms with Gasteiger partial charge in [0.1, 0.15) is 5.82 Å². The molecule has 0 aliphatic rings. The van der Waals surface area contributed by atoms with Crippen molar-refractivity contribution in [3.63, 3.8) is 0 Å². The van der Waals surface area contributed by atoms with E-state index in [1.165, 1.54) is 13.3 Å². The molecule has 0 unspecified atom stereocenters. The summed E-state index contributed by atoms with van der Waals surface area (Å²) >= 11 is 0. The van der Waals surface area contributed by atoms with E-state index in [1.807, 2.05) is 12.1 Å². The summed E-state index contributed by atoms with van der Waals surface area (Å²) in [5.41, 5.74) is 8.85. The van der Waals surface area contributed by atoms with Gasteiger partial charge in [-0.2, -0.15) is 0 Å². The number of carbonyl (C=O) groups is 1. The molecule has 7 nitrogen and oxygen atoms in total. The van der Waals surface area contributed by atoms with Crippen LogP contribution in [-0.4, -0.2) is 29.3 Å². The second kappa shape index (κ2) is 7.43. The van der Waals surface area contributed by atoms with E-state index in [2.05, 4.69) is 15.3 Å². The van der Waals surface area contributed by atoms with Crippen LogP contribution in [0.5, 0.6) is 0 Å². The van der Waals surface area contributed by atoms with E-state index in [0.717, 1.165) is 5.69 Å². The summed E-state index contributed by atoms with van der Waals surface area (Å²) in [6.07, 6.45) is 2.83. The van der Waals surface area contributed by atoms with Crippen molar-refractivity contribution in [2.75, 3.05) is 18.2 Å². The lowest BCUT2D eigenvalue weighted by Crippen LogP contribution is -2.02. The zero-order valence-corrected chi connectivity index (χ0v) is 14.1. The molecule has 130 valence electrons. The van der Waals surface area contributed by atoms with Gasteiger partial charge in [0.25, 0.3) is 0 Å². The Morgan fingerprint density at radius 2 is 2.08 bits per heavy atom. The van der Waals surface area contributed by atoms with Crippen molar-refractivity contribution in [3.05, 3.63) is 65.9 Å². The van der Waals surface area contributed by atoms with Crippen molar-refractivity contribution < 1.29 is 9.53 Å². The maximum Gasteiger partial charge on any atom is 0.337 e. The number of esters is 1. The van der Waals surface area contributed by atoms with Crippen LogP contribution < -0.4 is 11.1 Å². The molecule has 0 saturated carbocycles. The number of nitrogens with two attached hydrogens (primary N) is 1. The summed E-state index contributed by atoms with van der Waals surface area (Å²) in [6, 6.07) is 14.0. The fourth-order valence-corrected chi connectivity index (χ4v) is 2.40. The molecule has 0 bridgehead atoms. The number of hydrogen-bond acceptors (Lipinski definition) is 7. The van der Waals surface area contributed by atoms with Crippen LogP contribution in [0.4, 0.5) is 17.2 Å². The van der Waals surface area contributed by atoms with Gasteiger partial charge in [0, 0.05) is 34.9 Å². The van der Waals surface area contributed by atoms with Crippen LogP contribution >= 0.6 is 0 Å². The van der Waals surface area contributed by atoms with Gasteiger partial charge in [0.05, 0.1) is 12.7 Å². The Kier molecular flexibility index (Phi) is 4.89. The van der Waals surface area contributed by atoms with E-state index >= 15 is 0 Å². The minimum absolute atomic E-state index is 0.415. The predicted molar refractivity (Wildman–Crippen MR) is 101 cm³/mol. The molecule has 26 heavy (non-hydrogen) atoms. The Bertz CT molecular complexity index is 972. The van der Waals surface area contributed by atoms with E-state index in [4.69, 9.17) is 15.9 Å². The fourth-order valence-electron chi connectivity index (χ4n) is 2.40. The average Bonchev–Trinajstić information content (AvgIpc) is 2.69. The topological polar surface area (TPSA) is 114 Å². The maximum atomic E-state index is 11.7. The highest BCUT2D eigenvalue weighted by Gasteiger charge is 2.09. The van der Waals surface area contributed by atoms with Gasteiger partial charge in [-0.1, -0.05) is 12.1 Å². The number of carbonyl (C=O) groups excluding carboxylic acids is 1. The molecule has 2 aromatic carbocycles. The van der Waals surface area contributed by atoms with Crippen LogP contribution in [0.15, 0.2) is 54.7 Å². The monoisotopic (exact) mass is 347 g/mol. The molecule has 0 amide bonds. The molecule has 7 heteroatoms. The minimum atomic E-state index is -0.415. The number of methoxy groups -OCH3 is 1. The highest BCUT2D eigenvalue weighted by atomic mass is 16.5. The number of benzene rings is 2. The Hall–Kier alpha value is -3.74. The van der Waals surface area contributed by atoms with Crippen molar-refractivity contribution in [1.29, 1.82) is 5.41 Å². The zero-order valence-electron chi connectivity index (χ0n) is 14.1. The summed E-state index contributed by atoms with van der Waals surface area (Å²) in [4.78, 5) is 20.4. The predicted octanol–water partition coefficient (Wildman–Crippen LogP) is 3.25. The summed E-state index contributed by atoms with van der Waals surface area (Å²) in [6.45, 7) is 0. The lowest BCUT2D eigenvalue weighted by atomic mass is 10.1. The minimum Gasteiger partial charge on any atom is -0.465 e. The van der Waals surface area contributed by atoms with E-state index in [9.17, 15) is 4.79 Å². The van der Waals surface area contributed by atoms with Crippen LogP contribution in [0, 0.1) is 5.41 Å². The molecule has 4 N–H and O–H groups in total. The summed E-state index contributed by atoms with van der Waals surface area (Å²) in [5.74, 6) is 0.643. The van der Waals surface area contributed by atoms with Gasteiger partial charge in [-0.05, 0) is 36.4 Å². The zero-order chi connectivity index (χ0) is 18.5. The number of nitrogens with zero attached hydrogens (tertiary/aromatic N) is 2. The molecule has 0 spiro atoms. The van der Waals surface area contributed by atoms with Crippen molar-refractivity contribution in [2.45, 2.75) is 0 Å². The molecule has 0 atom stereocenters. The van der Waals surface area contributed by atoms with Crippen LogP contribution in [0.3, 0.4) is 0 Å². The van der Waals surface area contributed by atoms with E-state index < -0.39 is 5.97 Å². The molecule has 3 rings (SSSR count). The Morgan fingerprint density at radius 1 is 1.23 bits per heavy atom. The SMILES string of the molecule is COC(=O)c1cccc(-c2nccc(Nc3ccc(N)c(C=N)c3)n2)c1. The highest BCUT2D eigenvalue weighted by molar-refractivity contribution is 5.90. The quantitative estimate of drug-likeness (QED) is 0.371. The number of nitrogen functional groups attached to an aromatic ring is 1. The van der Waals surface area contributed by atoms with Crippen molar-refractivity contribution in [3.8, 4) is 11.4 Å². The Morgan fingerprint density at radius 3 is 2.85 bits per heavy atom. The van der Waals surface area contributed by atoms with Gasteiger partial charge in [-0.3, -0.25) is 0 Å². The highest BCUT2D eigenvalue weighted by Crippen LogP contribution is 2.22. The molecule has 0 aliphatic carbocycles. The molecule has 1 aromatic heterocycles. The second-order valence-corrected chi connectivity index (χ2v) is 5.45. The molecule has 0 saturated heterocycles. The molecule has 0 radical (unpaired) electrons. The largest absolute Gasteiger partial charge is 0.465 e. The third-order valence-corrected chi connectivity index (χ3v) is 3.71. The molecule has 0 aliphatic heterocycles. The first-order valence-electron chi connectivity index (χ1n) is 7.79. The van der Waals surface area contributed by atoms with Gasteiger partial charge in [0.15, 0.2) is 5.82 Å². The number of aromatic nitrogens is 2. The maximum absolute atomic E-state index is 11.7. The lowest BCUT2D eigenvalue weighted by molar-refractivity contribution is 0.0601. The number of rotatable bonds is 5. The molecule has 3 aromatic rings. The molecule has 0 fully saturated rings. The third kappa shape index (κ3) is 3.67. The third-order valence-electron chi connectivity index (χ3n) is 3.71. The normalized spacial score (nSPS) is 10.2. The van der Waals surface area contributed by atoms with Gasteiger partial charge in [0.2, 0.25) is 0 Å². The first kappa shape index (κ1) is 17.1. The summed E-state index contributed by atoms with van der Waals surface area (Å²) in [7, 11) is 1.34. The van der Waals surface area contributed by atoms with Crippen LogP contribution in [0.25, 0.3) is 11.4 Å².